The van der Waals surface area contributed by atoms with E-state index in [1.54, 1.807) is 6.26 Å². The van der Waals surface area contributed by atoms with Crippen LogP contribution >= 0.6 is 11.6 Å². The summed E-state index contributed by atoms with van der Waals surface area (Å²) in [6.45, 7) is 1.89. The Labute approximate surface area is 129 Å². The van der Waals surface area contributed by atoms with Gasteiger partial charge in [0.25, 0.3) is 0 Å². The summed E-state index contributed by atoms with van der Waals surface area (Å²) in [4.78, 5) is 11.7. The summed E-state index contributed by atoms with van der Waals surface area (Å²) in [5.41, 5.74) is 1.12. The topological polar surface area (TPSA) is 54.3 Å². The number of benzene rings is 1. The summed E-state index contributed by atoms with van der Waals surface area (Å²) in [6.07, 6.45) is 2.88. The summed E-state index contributed by atoms with van der Waals surface area (Å²) in [5.74, 6) is 0.917. The van der Waals surface area contributed by atoms with Crippen LogP contribution in [0.1, 0.15) is 17.7 Å². The summed E-state index contributed by atoms with van der Waals surface area (Å²) in [6, 6.07) is 11.4. The van der Waals surface area contributed by atoms with Gasteiger partial charge in [-0.25, -0.2) is 0 Å². The number of halogens is 1. The quantitative estimate of drug-likeness (QED) is 0.737. The third kappa shape index (κ3) is 6.02. The van der Waals surface area contributed by atoms with Crippen molar-refractivity contribution in [1.82, 2.24) is 10.6 Å². The number of rotatable bonds is 8. The summed E-state index contributed by atoms with van der Waals surface area (Å²) >= 11 is 5.91. The lowest BCUT2D eigenvalue weighted by molar-refractivity contribution is -0.120. The SMILES string of the molecule is O=C(CCNCc1ccco1)NCCc1cccc(Cl)c1. The number of hydrogen-bond acceptors (Lipinski definition) is 3. The molecular formula is C16H19ClN2O2. The molecule has 2 aromatic rings. The Morgan fingerprint density at radius 1 is 1.19 bits per heavy atom. The summed E-state index contributed by atoms with van der Waals surface area (Å²) in [5, 5.41) is 6.78. The molecule has 0 aliphatic rings. The first kappa shape index (κ1) is 15.6. The van der Waals surface area contributed by atoms with Gasteiger partial charge in [-0.1, -0.05) is 23.7 Å². The van der Waals surface area contributed by atoms with Gasteiger partial charge in [-0.3, -0.25) is 4.79 Å². The maximum Gasteiger partial charge on any atom is 0.221 e. The van der Waals surface area contributed by atoms with Crippen molar-refractivity contribution >= 4 is 17.5 Å². The number of carbonyl (C=O) groups excluding carboxylic acids is 1. The Balaban J connectivity index is 1.55. The Bertz CT molecular complexity index is 555. The van der Waals surface area contributed by atoms with Crippen LogP contribution in [-0.2, 0) is 17.8 Å². The summed E-state index contributed by atoms with van der Waals surface area (Å²) in [7, 11) is 0. The first-order chi connectivity index (χ1) is 10.2. The van der Waals surface area contributed by atoms with Crippen LogP contribution in [0.2, 0.25) is 5.02 Å². The third-order valence-electron chi connectivity index (χ3n) is 3.03. The lowest BCUT2D eigenvalue weighted by Gasteiger charge is -2.06. The molecule has 1 amide bonds. The second-order valence-electron chi connectivity index (χ2n) is 4.74. The molecule has 0 saturated carbocycles. The first-order valence-corrected chi connectivity index (χ1v) is 7.36. The molecule has 5 heteroatoms. The van der Waals surface area contributed by atoms with Gasteiger partial charge in [-0.2, -0.15) is 0 Å². The van der Waals surface area contributed by atoms with Crippen molar-refractivity contribution in [3.05, 3.63) is 59.0 Å². The van der Waals surface area contributed by atoms with Crippen LogP contribution < -0.4 is 10.6 Å². The van der Waals surface area contributed by atoms with E-state index in [9.17, 15) is 4.79 Å². The van der Waals surface area contributed by atoms with E-state index in [1.807, 2.05) is 36.4 Å². The molecule has 1 aromatic heterocycles. The molecular weight excluding hydrogens is 288 g/mol. The molecule has 0 saturated heterocycles. The van der Waals surface area contributed by atoms with E-state index in [4.69, 9.17) is 16.0 Å². The fourth-order valence-electron chi connectivity index (χ4n) is 1.95. The zero-order valence-corrected chi connectivity index (χ0v) is 12.5. The highest BCUT2D eigenvalue weighted by atomic mass is 35.5. The van der Waals surface area contributed by atoms with E-state index < -0.39 is 0 Å². The van der Waals surface area contributed by atoms with E-state index in [2.05, 4.69) is 10.6 Å². The molecule has 1 aromatic carbocycles. The van der Waals surface area contributed by atoms with Crippen LogP contribution in [0.3, 0.4) is 0 Å². The second-order valence-corrected chi connectivity index (χ2v) is 5.17. The van der Waals surface area contributed by atoms with Crippen molar-refractivity contribution in [3.8, 4) is 0 Å². The zero-order valence-electron chi connectivity index (χ0n) is 11.8. The number of carbonyl (C=O) groups is 1. The standard InChI is InChI=1S/C16H19ClN2O2/c17-14-4-1-3-13(11-14)6-9-19-16(20)7-8-18-12-15-5-2-10-21-15/h1-5,10-11,18H,6-9,12H2,(H,19,20). The highest BCUT2D eigenvalue weighted by Gasteiger charge is 2.01. The molecule has 21 heavy (non-hydrogen) atoms. The van der Waals surface area contributed by atoms with E-state index in [-0.39, 0.29) is 5.91 Å². The number of hydrogen-bond donors (Lipinski definition) is 2. The minimum atomic E-state index is 0.0453. The molecule has 0 bridgehead atoms. The molecule has 0 radical (unpaired) electrons. The lowest BCUT2D eigenvalue weighted by Crippen LogP contribution is -2.29. The zero-order chi connectivity index (χ0) is 14.9. The molecule has 0 spiro atoms. The van der Waals surface area contributed by atoms with E-state index in [1.165, 1.54) is 0 Å². The third-order valence-corrected chi connectivity index (χ3v) is 3.27. The average Bonchev–Trinajstić information content (AvgIpc) is 2.97. The summed E-state index contributed by atoms with van der Waals surface area (Å²) < 4.78 is 5.19. The van der Waals surface area contributed by atoms with Crippen molar-refractivity contribution in [2.45, 2.75) is 19.4 Å². The van der Waals surface area contributed by atoms with Gasteiger partial charge in [0.15, 0.2) is 0 Å². The predicted molar refractivity (Wildman–Crippen MR) is 83.2 cm³/mol. The van der Waals surface area contributed by atoms with E-state index >= 15 is 0 Å². The molecule has 0 aliphatic heterocycles. The van der Waals surface area contributed by atoms with Crippen molar-refractivity contribution < 1.29 is 9.21 Å². The Morgan fingerprint density at radius 3 is 2.86 bits per heavy atom. The largest absolute Gasteiger partial charge is 0.468 e. The van der Waals surface area contributed by atoms with Crippen molar-refractivity contribution in [2.24, 2.45) is 0 Å². The van der Waals surface area contributed by atoms with Crippen LogP contribution in [0.4, 0.5) is 0 Å². The van der Waals surface area contributed by atoms with Gasteiger partial charge in [-0.05, 0) is 36.2 Å². The molecule has 0 fully saturated rings. The fraction of sp³-hybridized carbons (Fsp3) is 0.312. The molecule has 0 aliphatic carbocycles. The second kappa shape index (κ2) is 8.49. The highest BCUT2D eigenvalue weighted by molar-refractivity contribution is 6.30. The molecule has 112 valence electrons. The monoisotopic (exact) mass is 306 g/mol. The van der Waals surface area contributed by atoms with Gasteiger partial charge < -0.3 is 15.1 Å². The van der Waals surface area contributed by atoms with E-state index in [0.29, 0.717) is 26.1 Å². The number of nitrogens with one attached hydrogen (secondary N) is 2. The lowest BCUT2D eigenvalue weighted by atomic mass is 10.1. The number of amides is 1. The first-order valence-electron chi connectivity index (χ1n) is 6.98. The average molecular weight is 307 g/mol. The Morgan fingerprint density at radius 2 is 2.10 bits per heavy atom. The number of furan rings is 1. The van der Waals surface area contributed by atoms with Crippen LogP contribution in [0.25, 0.3) is 0 Å². The minimum Gasteiger partial charge on any atom is -0.468 e. The van der Waals surface area contributed by atoms with Crippen LogP contribution in [-0.4, -0.2) is 19.0 Å². The van der Waals surface area contributed by atoms with Crippen LogP contribution in [0.5, 0.6) is 0 Å². The molecule has 2 rings (SSSR count). The maximum absolute atomic E-state index is 11.7. The van der Waals surface area contributed by atoms with Crippen LogP contribution in [0.15, 0.2) is 47.1 Å². The smallest absolute Gasteiger partial charge is 0.221 e. The normalized spacial score (nSPS) is 10.5. The van der Waals surface area contributed by atoms with Crippen LogP contribution in [0, 0.1) is 0 Å². The van der Waals surface area contributed by atoms with Gasteiger partial charge in [0.05, 0.1) is 12.8 Å². The maximum atomic E-state index is 11.7. The predicted octanol–water partition coefficient (Wildman–Crippen LogP) is 2.77. The molecule has 0 unspecified atom stereocenters. The van der Waals surface area contributed by atoms with E-state index in [0.717, 1.165) is 22.8 Å². The Kier molecular flexibility index (Phi) is 6.31. The van der Waals surface area contributed by atoms with Gasteiger partial charge in [0.1, 0.15) is 5.76 Å². The fourth-order valence-corrected chi connectivity index (χ4v) is 2.17. The van der Waals surface area contributed by atoms with Gasteiger partial charge in [-0.15, -0.1) is 0 Å². The van der Waals surface area contributed by atoms with Crippen molar-refractivity contribution in [1.29, 1.82) is 0 Å². The molecule has 0 atom stereocenters. The van der Waals surface area contributed by atoms with Gasteiger partial charge in [0.2, 0.25) is 5.91 Å². The molecule has 1 heterocycles. The van der Waals surface area contributed by atoms with Gasteiger partial charge in [0, 0.05) is 24.5 Å². The molecule has 4 nitrogen and oxygen atoms in total. The van der Waals surface area contributed by atoms with Crippen molar-refractivity contribution in [2.75, 3.05) is 13.1 Å². The van der Waals surface area contributed by atoms with Gasteiger partial charge >= 0.3 is 0 Å². The highest BCUT2D eigenvalue weighted by Crippen LogP contribution is 2.10. The Hall–Kier alpha value is -1.78. The minimum absolute atomic E-state index is 0.0453. The molecule has 2 N–H and O–H groups in total. The van der Waals surface area contributed by atoms with Crippen molar-refractivity contribution in [3.63, 3.8) is 0 Å².